The van der Waals surface area contributed by atoms with Crippen LogP contribution in [0.2, 0.25) is 0 Å². The molecule has 0 saturated carbocycles. The van der Waals surface area contributed by atoms with E-state index in [1.54, 1.807) is 12.1 Å². The SMILES string of the molecule is CCC=C(c1cc(-c2ccc(C(CCC)CCC)cc2)ccc1CNCc1cc(F)ccc1CC)N1C=C(C)C1. The molecule has 1 aliphatic heterocycles. The number of hydrogen-bond acceptors (Lipinski definition) is 2. The summed E-state index contributed by atoms with van der Waals surface area (Å²) in [6, 6.07) is 21.3. The Balaban J connectivity index is 1.63. The summed E-state index contributed by atoms with van der Waals surface area (Å²) >= 11 is 0. The minimum absolute atomic E-state index is 0.172. The zero-order chi connectivity index (χ0) is 28.5. The van der Waals surface area contributed by atoms with Crippen molar-refractivity contribution in [2.45, 2.75) is 92.2 Å². The molecule has 0 aliphatic carbocycles. The van der Waals surface area contributed by atoms with Gasteiger partial charge in [-0.05, 0) is 95.7 Å². The van der Waals surface area contributed by atoms with Crippen LogP contribution >= 0.6 is 0 Å². The van der Waals surface area contributed by atoms with Crippen molar-refractivity contribution in [3.63, 3.8) is 0 Å². The van der Waals surface area contributed by atoms with Gasteiger partial charge in [0.25, 0.3) is 0 Å². The lowest BCUT2D eigenvalue weighted by Gasteiger charge is -2.33. The second kappa shape index (κ2) is 14.5. The number of halogens is 1. The molecule has 0 bridgehead atoms. The van der Waals surface area contributed by atoms with Crippen molar-refractivity contribution in [1.82, 2.24) is 10.2 Å². The highest BCUT2D eigenvalue weighted by molar-refractivity contribution is 5.75. The van der Waals surface area contributed by atoms with Crippen LogP contribution in [-0.4, -0.2) is 11.4 Å². The van der Waals surface area contributed by atoms with Crippen LogP contribution < -0.4 is 5.32 Å². The van der Waals surface area contributed by atoms with E-state index < -0.39 is 0 Å². The standard InChI is InChI=1S/C37H47FN2/c1-6-10-29(11-7-2)30-13-15-31(16-14-30)32-17-18-33(23-39-24-34-21-35(38)20-19-28(34)9-4)36(22-32)37(12-8-3)40-25-27(5)26-40/h12-22,25,29,39H,6-11,23-24,26H2,1-5H3. The van der Waals surface area contributed by atoms with Crippen LogP contribution in [0.5, 0.6) is 0 Å². The molecule has 1 N–H and O–H groups in total. The normalized spacial score (nSPS) is 13.5. The van der Waals surface area contributed by atoms with Gasteiger partial charge < -0.3 is 10.2 Å². The van der Waals surface area contributed by atoms with Crippen molar-refractivity contribution in [2.75, 3.05) is 6.54 Å². The van der Waals surface area contributed by atoms with Gasteiger partial charge in [-0.2, -0.15) is 0 Å². The summed E-state index contributed by atoms with van der Waals surface area (Å²) in [4.78, 5) is 2.37. The monoisotopic (exact) mass is 538 g/mol. The molecule has 0 aromatic heterocycles. The molecule has 0 atom stereocenters. The average molecular weight is 539 g/mol. The molecule has 3 aromatic carbocycles. The molecule has 4 rings (SSSR count). The first-order chi connectivity index (χ1) is 19.5. The Morgan fingerprint density at radius 1 is 0.850 bits per heavy atom. The van der Waals surface area contributed by atoms with Crippen LogP contribution in [0.3, 0.4) is 0 Å². The zero-order valence-corrected chi connectivity index (χ0v) is 25.2. The maximum atomic E-state index is 14.0. The molecule has 0 saturated heterocycles. The van der Waals surface area contributed by atoms with Gasteiger partial charge in [-0.15, -0.1) is 0 Å². The molecular weight excluding hydrogens is 491 g/mol. The second-order valence-corrected chi connectivity index (χ2v) is 11.2. The topological polar surface area (TPSA) is 15.3 Å². The minimum atomic E-state index is -0.172. The van der Waals surface area contributed by atoms with Crippen LogP contribution in [0.15, 0.2) is 78.5 Å². The van der Waals surface area contributed by atoms with E-state index in [-0.39, 0.29) is 5.82 Å². The van der Waals surface area contributed by atoms with Crippen LogP contribution in [0.25, 0.3) is 16.8 Å². The highest BCUT2D eigenvalue weighted by Crippen LogP contribution is 2.34. The van der Waals surface area contributed by atoms with Gasteiger partial charge in [0.2, 0.25) is 0 Å². The summed E-state index contributed by atoms with van der Waals surface area (Å²) in [6.07, 6.45) is 11.4. The average Bonchev–Trinajstić information content (AvgIpc) is 2.95. The van der Waals surface area contributed by atoms with Crippen LogP contribution in [0, 0.1) is 5.82 Å². The molecule has 212 valence electrons. The lowest BCUT2D eigenvalue weighted by molar-refractivity contribution is 0.504. The molecule has 0 amide bonds. The summed E-state index contributed by atoms with van der Waals surface area (Å²) in [5, 5.41) is 3.62. The summed E-state index contributed by atoms with van der Waals surface area (Å²) in [6.45, 7) is 13.4. The third-order valence-corrected chi connectivity index (χ3v) is 8.06. The molecule has 3 aromatic rings. The number of hydrogen-bond donors (Lipinski definition) is 1. The van der Waals surface area contributed by atoms with E-state index in [4.69, 9.17) is 0 Å². The first kappa shape index (κ1) is 29.8. The van der Waals surface area contributed by atoms with Crippen LogP contribution in [0.1, 0.15) is 100 Å². The van der Waals surface area contributed by atoms with E-state index in [9.17, 15) is 4.39 Å². The van der Waals surface area contributed by atoms with Gasteiger partial charge in [0, 0.05) is 37.1 Å². The Morgan fingerprint density at radius 2 is 1.50 bits per heavy atom. The smallest absolute Gasteiger partial charge is 0.123 e. The Labute approximate surface area is 242 Å². The third-order valence-electron chi connectivity index (χ3n) is 8.06. The number of nitrogens with one attached hydrogen (secondary N) is 1. The minimum Gasteiger partial charge on any atom is -0.344 e. The molecule has 0 unspecified atom stereocenters. The van der Waals surface area contributed by atoms with Crippen LogP contribution in [-0.2, 0) is 19.5 Å². The van der Waals surface area contributed by atoms with Gasteiger partial charge in [0.1, 0.15) is 5.82 Å². The van der Waals surface area contributed by atoms with E-state index in [0.717, 1.165) is 31.5 Å². The molecule has 0 radical (unpaired) electrons. The number of nitrogens with zero attached hydrogens (tertiary/aromatic N) is 1. The predicted molar refractivity (Wildman–Crippen MR) is 169 cm³/mol. The van der Waals surface area contributed by atoms with E-state index in [1.165, 1.54) is 70.3 Å². The van der Waals surface area contributed by atoms with Crippen LogP contribution in [0.4, 0.5) is 4.39 Å². The summed E-state index contributed by atoms with van der Waals surface area (Å²) < 4.78 is 14.0. The fourth-order valence-electron chi connectivity index (χ4n) is 5.95. The van der Waals surface area contributed by atoms with Crippen molar-refractivity contribution >= 4 is 5.70 Å². The second-order valence-electron chi connectivity index (χ2n) is 11.2. The quantitative estimate of drug-likeness (QED) is 0.220. The van der Waals surface area contributed by atoms with Gasteiger partial charge in [0.15, 0.2) is 0 Å². The van der Waals surface area contributed by atoms with Gasteiger partial charge >= 0.3 is 0 Å². The largest absolute Gasteiger partial charge is 0.344 e. The van der Waals surface area contributed by atoms with E-state index in [1.807, 2.05) is 6.07 Å². The predicted octanol–water partition coefficient (Wildman–Crippen LogP) is 10.00. The molecule has 0 fully saturated rings. The first-order valence-corrected chi connectivity index (χ1v) is 15.3. The molecular formula is C37H47FN2. The number of allylic oxidation sites excluding steroid dienone is 1. The van der Waals surface area contributed by atoms with Gasteiger partial charge in [-0.25, -0.2) is 4.39 Å². The molecule has 1 aliphatic rings. The van der Waals surface area contributed by atoms with Gasteiger partial charge in [0.05, 0.1) is 0 Å². The lowest BCUT2D eigenvalue weighted by Crippen LogP contribution is -2.28. The fourth-order valence-corrected chi connectivity index (χ4v) is 5.95. The third kappa shape index (κ3) is 7.31. The summed E-state index contributed by atoms with van der Waals surface area (Å²) in [5.74, 6) is 0.480. The molecule has 1 heterocycles. The lowest BCUT2D eigenvalue weighted by atomic mass is 9.89. The van der Waals surface area contributed by atoms with Crippen molar-refractivity contribution in [3.05, 3.63) is 112 Å². The summed E-state index contributed by atoms with van der Waals surface area (Å²) in [5.41, 5.74) is 11.4. The van der Waals surface area contributed by atoms with Crippen molar-refractivity contribution < 1.29 is 4.39 Å². The maximum Gasteiger partial charge on any atom is 0.123 e. The molecule has 40 heavy (non-hydrogen) atoms. The number of aryl methyl sites for hydroxylation is 1. The van der Waals surface area contributed by atoms with Crippen molar-refractivity contribution in [2.24, 2.45) is 0 Å². The highest BCUT2D eigenvalue weighted by atomic mass is 19.1. The Kier molecular flexibility index (Phi) is 10.8. The molecule has 0 spiro atoms. The van der Waals surface area contributed by atoms with Crippen molar-refractivity contribution in [3.8, 4) is 11.1 Å². The zero-order valence-electron chi connectivity index (χ0n) is 25.2. The van der Waals surface area contributed by atoms with Gasteiger partial charge in [-0.3, -0.25) is 0 Å². The van der Waals surface area contributed by atoms with E-state index >= 15 is 0 Å². The van der Waals surface area contributed by atoms with Gasteiger partial charge in [-0.1, -0.05) is 89.1 Å². The number of rotatable bonds is 14. The fraction of sp³-hybridized carbons (Fsp3) is 0.405. The summed E-state index contributed by atoms with van der Waals surface area (Å²) in [7, 11) is 0. The Morgan fingerprint density at radius 3 is 2.12 bits per heavy atom. The Bertz CT molecular complexity index is 1310. The maximum absolute atomic E-state index is 14.0. The molecule has 2 nitrogen and oxygen atoms in total. The first-order valence-electron chi connectivity index (χ1n) is 15.3. The Hall–Kier alpha value is -3.17. The van der Waals surface area contributed by atoms with E-state index in [0.29, 0.717) is 12.5 Å². The van der Waals surface area contributed by atoms with E-state index in [2.05, 4.69) is 99.6 Å². The molecule has 3 heteroatoms. The highest BCUT2D eigenvalue weighted by Gasteiger charge is 2.20. The van der Waals surface area contributed by atoms with Crippen molar-refractivity contribution in [1.29, 1.82) is 0 Å². The number of benzene rings is 3.